The molecule has 0 saturated heterocycles. The van der Waals surface area contributed by atoms with Crippen molar-refractivity contribution >= 4 is 17.5 Å². The second-order valence-corrected chi connectivity index (χ2v) is 6.22. The number of hydrogen-bond acceptors (Lipinski definition) is 5. The van der Waals surface area contributed by atoms with Gasteiger partial charge in [0.25, 0.3) is 0 Å². The van der Waals surface area contributed by atoms with Crippen LogP contribution in [0.1, 0.15) is 17.5 Å². The maximum absolute atomic E-state index is 11.5. The number of methoxy groups -OCH3 is 2. The van der Waals surface area contributed by atoms with Gasteiger partial charge in [-0.2, -0.15) is 0 Å². The van der Waals surface area contributed by atoms with Crippen LogP contribution in [0.25, 0.3) is 0 Å². The van der Waals surface area contributed by atoms with Crippen molar-refractivity contribution in [1.82, 2.24) is 10.3 Å². The minimum Gasteiger partial charge on any atom is -0.493 e. The van der Waals surface area contributed by atoms with Crippen molar-refractivity contribution in [2.45, 2.75) is 19.5 Å². The number of carbonyl (C=O) groups excluding carboxylic acids is 1. The Labute approximate surface area is 158 Å². The summed E-state index contributed by atoms with van der Waals surface area (Å²) in [6, 6.07) is 13.7. The number of benzene rings is 2. The van der Waals surface area contributed by atoms with Crippen LogP contribution in [0.15, 0.2) is 42.5 Å². The summed E-state index contributed by atoms with van der Waals surface area (Å²) in [6.07, 6.45) is 0.300. The van der Waals surface area contributed by atoms with Gasteiger partial charge in [0.15, 0.2) is 11.5 Å². The van der Waals surface area contributed by atoms with Crippen molar-refractivity contribution in [2.75, 3.05) is 20.8 Å². The Bertz CT molecular complexity index is 725. The molecule has 0 fully saturated rings. The maximum Gasteiger partial charge on any atom is 0.235 e. The molecule has 0 heterocycles. The fraction of sp³-hybridized carbons (Fsp3) is 0.316. The number of nitrogens with two attached hydrogens (primary N) is 1. The summed E-state index contributed by atoms with van der Waals surface area (Å²) in [5.74, 6) is 6.18. The molecule has 0 aliphatic rings. The number of nitrogens with zero attached hydrogens (tertiary/aromatic N) is 1. The zero-order chi connectivity index (χ0) is 18.9. The van der Waals surface area contributed by atoms with Gasteiger partial charge in [-0.05, 0) is 17.2 Å². The molecule has 140 valence electrons. The van der Waals surface area contributed by atoms with E-state index in [-0.39, 0.29) is 5.91 Å². The van der Waals surface area contributed by atoms with Crippen molar-refractivity contribution in [3.63, 3.8) is 0 Å². The number of halogens is 1. The molecular weight excluding hydrogens is 354 g/mol. The third-order valence-electron chi connectivity index (χ3n) is 4.01. The minimum absolute atomic E-state index is 0.207. The van der Waals surface area contributed by atoms with Gasteiger partial charge in [-0.1, -0.05) is 41.9 Å². The van der Waals surface area contributed by atoms with Crippen LogP contribution in [-0.2, 0) is 17.9 Å². The number of ether oxygens (including phenoxy) is 2. The quantitative estimate of drug-likeness (QED) is 0.399. The Kier molecular flexibility index (Phi) is 7.72. The molecule has 0 aromatic heterocycles. The van der Waals surface area contributed by atoms with E-state index in [1.165, 1.54) is 0 Å². The second kappa shape index (κ2) is 10.0. The zero-order valence-electron chi connectivity index (χ0n) is 15.0. The lowest BCUT2D eigenvalue weighted by molar-refractivity contribution is -0.121. The van der Waals surface area contributed by atoms with E-state index >= 15 is 0 Å². The SMILES string of the molecule is COc1cc(Cl)c(CN(CCC(=O)NN)Cc2ccccc2)cc1OC. The summed E-state index contributed by atoms with van der Waals surface area (Å²) < 4.78 is 10.6. The molecular formula is C19H24ClN3O3. The molecule has 26 heavy (non-hydrogen) atoms. The van der Waals surface area contributed by atoms with Crippen LogP contribution in [-0.4, -0.2) is 31.6 Å². The highest BCUT2D eigenvalue weighted by molar-refractivity contribution is 6.31. The molecule has 6 nitrogen and oxygen atoms in total. The van der Waals surface area contributed by atoms with E-state index in [1.807, 2.05) is 36.4 Å². The van der Waals surface area contributed by atoms with Crippen LogP contribution in [0.5, 0.6) is 11.5 Å². The van der Waals surface area contributed by atoms with Crippen LogP contribution >= 0.6 is 11.6 Å². The van der Waals surface area contributed by atoms with Crippen LogP contribution in [0, 0.1) is 0 Å². The minimum atomic E-state index is -0.207. The lowest BCUT2D eigenvalue weighted by atomic mass is 10.1. The topological polar surface area (TPSA) is 76.8 Å². The summed E-state index contributed by atoms with van der Waals surface area (Å²) in [4.78, 5) is 13.7. The first kappa shape index (κ1) is 20.0. The predicted molar refractivity (Wildman–Crippen MR) is 102 cm³/mol. The monoisotopic (exact) mass is 377 g/mol. The second-order valence-electron chi connectivity index (χ2n) is 5.81. The summed E-state index contributed by atoms with van der Waals surface area (Å²) >= 11 is 6.41. The fourth-order valence-corrected chi connectivity index (χ4v) is 2.86. The summed E-state index contributed by atoms with van der Waals surface area (Å²) in [5.41, 5.74) is 4.21. The van der Waals surface area contributed by atoms with E-state index in [2.05, 4.69) is 10.3 Å². The summed E-state index contributed by atoms with van der Waals surface area (Å²) in [5, 5.41) is 0.587. The van der Waals surface area contributed by atoms with E-state index in [4.69, 9.17) is 26.9 Å². The molecule has 2 aromatic carbocycles. The van der Waals surface area contributed by atoms with Crippen molar-refractivity contribution in [3.05, 3.63) is 58.6 Å². The van der Waals surface area contributed by atoms with Gasteiger partial charge in [0.1, 0.15) is 0 Å². The van der Waals surface area contributed by atoms with E-state index in [1.54, 1.807) is 20.3 Å². The maximum atomic E-state index is 11.5. The smallest absolute Gasteiger partial charge is 0.235 e. The molecule has 0 aliphatic carbocycles. The Morgan fingerprint density at radius 1 is 1.12 bits per heavy atom. The van der Waals surface area contributed by atoms with Crippen LogP contribution in [0.3, 0.4) is 0 Å². The molecule has 0 radical (unpaired) electrons. The highest BCUT2D eigenvalue weighted by Crippen LogP contribution is 2.33. The van der Waals surface area contributed by atoms with E-state index in [0.29, 0.717) is 42.6 Å². The standard InChI is InChI=1S/C19H24ClN3O3/c1-25-17-10-15(16(20)11-18(17)26-2)13-23(9-8-19(24)22-21)12-14-6-4-3-5-7-14/h3-7,10-11H,8-9,12-13,21H2,1-2H3,(H,22,24). The van der Waals surface area contributed by atoms with Gasteiger partial charge in [0.05, 0.1) is 14.2 Å². The average molecular weight is 378 g/mol. The Morgan fingerprint density at radius 2 is 1.77 bits per heavy atom. The third kappa shape index (κ3) is 5.62. The first-order valence-electron chi connectivity index (χ1n) is 8.23. The molecule has 0 atom stereocenters. The molecule has 3 N–H and O–H groups in total. The van der Waals surface area contributed by atoms with Gasteiger partial charge >= 0.3 is 0 Å². The highest BCUT2D eigenvalue weighted by atomic mass is 35.5. The van der Waals surface area contributed by atoms with Crippen molar-refractivity contribution in [3.8, 4) is 11.5 Å². The number of carbonyl (C=O) groups is 1. The average Bonchev–Trinajstić information content (AvgIpc) is 2.67. The normalized spacial score (nSPS) is 10.7. The summed E-state index contributed by atoms with van der Waals surface area (Å²) in [7, 11) is 3.16. The van der Waals surface area contributed by atoms with Gasteiger partial charge < -0.3 is 9.47 Å². The third-order valence-corrected chi connectivity index (χ3v) is 4.36. The van der Waals surface area contributed by atoms with Gasteiger partial charge in [-0.25, -0.2) is 5.84 Å². The molecule has 1 amide bonds. The van der Waals surface area contributed by atoms with Crippen LogP contribution in [0.2, 0.25) is 5.02 Å². The first-order valence-corrected chi connectivity index (χ1v) is 8.61. The molecule has 2 rings (SSSR count). The molecule has 2 aromatic rings. The Hall–Kier alpha value is -2.28. The Balaban J connectivity index is 2.20. The molecule has 0 unspecified atom stereocenters. The van der Waals surface area contributed by atoms with E-state index < -0.39 is 0 Å². The lowest BCUT2D eigenvalue weighted by Gasteiger charge is -2.23. The first-order chi connectivity index (χ1) is 12.6. The van der Waals surface area contributed by atoms with E-state index in [0.717, 1.165) is 11.1 Å². The van der Waals surface area contributed by atoms with Crippen molar-refractivity contribution < 1.29 is 14.3 Å². The zero-order valence-corrected chi connectivity index (χ0v) is 15.8. The van der Waals surface area contributed by atoms with Gasteiger partial charge in [-0.3, -0.25) is 15.1 Å². The molecule has 0 bridgehead atoms. The van der Waals surface area contributed by atoms with Gasteiger partial charge in [-0.15, -0.1) is 0 Å². The van der Waals surface area contributed by atoms with Gasteiger partial charge in [0.2, 0.25) is 5.91 Å². The molecule has 0 aliphatic heterocycles. The Morgan fingerprint density at radius 3 is 2.38 bits per heavy atom. The number of nitrogens with one attached hydrogen (secondary N) is 1. The van der Waals surface area contributed by atoms with Crippen LogP contribution in [0.4, 0.5) is 0 Å². The molecule has 0 saturated carbocycles. The molecule has 0 spiro atoms. The van der Waals surface area contributed by atoms with Crippen LogP contribution < -0.4 is 20.7 Å². The number of hydrazine groups is 1. The van der Waals surface area contributed by atoms with Gasteiger partial charge in [0, 0.05) is 37.1 Å². The van der Waals surface area contributed by atoms with Crippen molar-refractivity contribution in [2.24, 2.45) is 5.84 Å². The molecule has 7 heteroatoms. The number of rotatable bonds is 9. The highest BCUT2D eigenvalue weighted by Gasteiger charge is 2.15. The van der Waals surface area contributed by atoms with Crippen molar-refractivity contribution in [1.29, 1.82) is 0 Å². The lowest BCUT2D eigenvalue weighted by Crippen LogP contribution is -2.34. The van der Waals surface area contributed by atoms with E-state index in [9.17, 15) is 4.79 Å². The summed E-state index contributed by atoms with van der Waals surface area (Å²) in [6.45, 7) is 1.79. The number of amides is 1. The number of hydrogen-bond donors (Lipinski definition) is 2. The largest absolute Gasteiger partial charge is 0.493 e. The fourth-order valence-electron chi connectivity index (χ4n) is 2.65. The predicted octanol–water partition coefficient (Wildman–Crippen LogP) is 2.74.